The monoisotopic (exact) mass is 444 g/mol. The largest absolute Gasteiger partial charge is 0.481 e. The number of aliphatic carboxylic acids is 1. The van der Waals surface area contributed by atoms with E-state index in [-0.39, 0.29) is 17.9 Å². The highest BCUT2D eigenvalue weighted by Crippen LogP contribution is 2.41. The van der Waals surface area contributed by atoms with Crippen LogP contribution in [0.3, 0.4) is 0 Å². The first-order valence-electron chi connectivity index (χ1n) is 11.6. The maximum atomic E-state index is 13.3. The molecular formula is C24H32N2O4S. The third-order valence-electron chi connectivity index (χ3n) is 7.19. The van der Waals surface area contributed by atoms with E-state index in [1.54, 1.807) is 0 Å². The minimum Gasteiger partial charge on any atom is -0.481 e. The van der Waals surface area contributed by atoms with Crippen LogP contribution in [0.15, 0.2) is 12.2 Å². The lowest BCUT2D eigenvalue weighted by molar-refractivity contribution is -0.146. The van der Waals surface area contributed by atoms with Crippen molar-refractivity contribution in [2.24, 2.45) is 17.8 Å². The molecule has 0 radical (unpaired) electrons. The van der Waals surface area contributed by atoms with Gasteiger partial charge in [0.25, 0.3) is 5.91 Å². The Bertz CT molecular complexity index is 884. The van der Waals surface area contributed by atoms with Crippen molar-refractivity contribution in [1.82, 2.24) is 5.32 Å². The van der Waals surface area contributed by atoms with Crippen molar-refractivity contribution in [3.05, 3.63) is 28.2 Å². The second-order valence-electron chi connectivity index (χ2n) is 9.16. The van der Waals surface area contributed by atoms with Crippen LogP contribution in [-0.2, 0) is 22.4 Å². The zero-order chi connectivity index (χ0) is 22.0. The topological polar surface area (TPSA) is 95.5 Å². The van der Waals surface area contributed by atoms with E-state index in [4.69, 9.17) is 0 Å². The van der Waals surface area contributed by atoms with Crippen molar-refractivity contribution in [3.63, 3.8) is 0 Å². The quantitative estimate of drug-likeness (QED) is 0.561. The smallest absolute Gasteiger partial charge is 0.307 e. The van der Waals surface area contributed by atoms with Crippen LogP contribution in [0.2, 0.25) is 0 Å². The predicted octanol–water partition coefficient (Wildman–Crippen LogP) is 4.54. The molecule has 1 saturated carbocycles. The van der Waals surface area contributed by atoms with Crippen molar-refractivity contribution in [2.45, 2.75) is 77.2 Å². The van der Waals surface area contributed by atoms with Crippen molar-refractivity contribution in [1.29, 1.82) is 0 Å². The molecule has 3 N–H and O–H groups in total. The molecular weight excluding hydrogens is 412 g/mol. The van der Waals surface area contributed by atoms with Gasteiger partial charge in [-0.15, -0.1) is 11.3 Å². The van der Waals surface area contributed by atoms with Crippen LogP contribution in [0.25, 0.3) is 0 Å². The molecule has 4 rings (SSSR count). The number of anilines is 1. The fourth-order valence-electron chi connectivity index (χ4n) is 5.24. The van der Waals surface area contributed by atoms with Gasteiger partial charge in [-0.3, -0.25) is 14.4 Å². The number of carboxylic acid groups (broad SMARTS) is 1. The Balaban J connectivity index is 1.60. The maximum Gasteiger partial charge on any atom is 0.307 e. The van der Waals surface area contributed by atoms with Gasteiger partial charge in [0.1, 0.15) is 5.00 Å². The number of fused-ring (bicyclic) bond motifs is 1. The van der Waals surface area contributed by atoms with Gasteiger partial charge in [0.2, 0.25) is 5.91 Å². The summed E-state index contributed by atoms with van der Waals surface area (Å²) >= 11 is 1.51. The highest BCUT2D eigenvalue weighted by molar-refractivity contribution is 7.17. The normalized spacial score (nSPS) is 25.8. The lowest BCUT2D eigenvalue weighted by atomic mass is 9.82. The zero-order valence-electron chi connectivity index (χ0n) is 18.1. The SMILES string of the molecule is CC[C@@H]1CCc2c(sc(NC(=O)[C@@H]3CC=CC[C@H]3C(=O)O)c2C(=O)NC2CCCC2)C1. The van der Waals surface area contributed by atoms with E-state index >= 15 is 0 Å². The van der Waals surface area contributed by atoms with Gasteiger partial charge < -0.3 is 15.7 Å². The lowest BCUT2D eigenvalue weighted by Crippen LogP contribution is -2.36. The lowest BCUT2D eigenvalue weighted by Gasteiger charge is -2.24. The van der Waals surface area contributed by atoms with Crippen molar-refractivity contribution in [3.8, 4) is 0 Å². The minimum absolute atomic E-state index is 0.0898. The van der Waals surface area contributed by atoms with Crippen molar-refractivity contribution >= 4 is 34.1 Å². The highest BCUT2D eigenvalue weighted by atomic mass is 32.1. The molecule has 1 aromatic rings. The van der Waals surface area contributed by atoms with Gasteiger partial charge in [0, 0.05) is 10.9 Å². The third kappa shape index (κ3) is 4.71. The van der Waals surface area contributed by atoms with E-state index in [9.17, 15) is 19.5 Å². The molecule has 3 aliphatic carbocycles. The molecule has 1 aromatic heterocycles. The minimum atomic E-state index is -0.944. The molecule has 0 saturated heterocycles. The summed E-state index contributed by atoms with van der Waals surface area (Å²) in [5.74, 6) is -2.05. The molecule has 1 heterocycles. The summed E-state index contributed by atoms with van der Waals surface area (Å²) < 4.78 is 0. The fraction of sp³-hybridized carbons (Fsp3) is 0.625. The Hall–Kier alpha value is -2.15. The van der Waals surface area contributed by atoms with Crippen LogP contribution in [0.4, 0.5) is 5.00 Å². The van der Waals surface area contributed by atoms with E-state index < -0.39 is 17.8 Å². The van der Waals surface area contributed by atoms with Gasteiger partial charge >= 0.3 is 5.97 Å². The van der Waals surface area contributed by atoms with Crippen LogP contribution >= 0.6 is 11.3 Å². The number of allylic oxidation sites excluding steroid dienone is 2. The van der Waals surface area contributed by atoms with E-state index in [1.807, 2.05) is 12.2 Å². The Morgan fingerprint density at radius 2 is 1.81 bits per heavy atom. The maximum absolute atomic E-state index is 13.3. The Labute approximate surface area is 187 Å². The molecule has 0 aliphatic heterocycles. The average Bonchev–Trinajstić information content (AvgIpc) is 3.40. The van der Waals surface area contributed by atoms with Crippen molar-refractivity contribution < 1.29 is 19.5 Å². The van der Waals surface area contributed by atoms with Gasteiger partial charge in [0.15, 0.2) is 0 Å². The van der Waals surface area contributed by atoms with E-state index in [2.05, 4.69) is 17.6 Å². The molecule has 7 heteroatoms. The number of hydrogen-bond acceptors (Lipinski definition) is 4. The third-order valence-corrected chi connectivity index (χ3v) is 8.36. The Kier molecular flexibility index (Phi) is 6.80. The van der Waals surface area contributed by atoms with Crippen LogP contribution in [-0.4, -0.2) is 28.9 Å². The molecule has 6 nitrogen and oxygen atoms in total. The number of thiophene rings is 1. The summed E-state index contributed by atoms with van der Waals surface area (Å²) in [7, 11) is 0. The summed E-state index contributed by atoms with van der Waals surface area (Å²) in [4.78, 5) is 39.2. The summed E-state index contributed by atoms with van der Waals surface area (Å²) in [6.45, 7) is 2.20. The second-order valence-corrected chi connectivity index (χ2v) is 10.3. The molecule has 1 fully saturated rings. The van der Waals surface area contributed by atoms with Gasteiger partial charge in [-0.2, -0.15) is 0 Å². The standard InChI is InChI=1S/C24H32N2O4S/c1-2-14-11-12-18-19(13-14)31-23(20(18)22(28)25-15-7-3-4-8-15)26-21(27)16-9-5-6-10-17(16)24(29)30/h5-6,14-17H,2-4,7-13H2,1H3,(H,25,28)(H,26,27)(H,29,30)/t14-,16-,17-/m1/s1. The molecule has 0 aromatic carbocycles. The molecule has 3 atom stereocenters. The summed E-state index contributed by atoms with van der Waals surface area (Å²) in [5, 5.41) is 16.3. The Morgan fingerprint density at radius 3 is 2.48 bits per heavy atom. The number of rotatable bonds is 6. The fourth-order valence-corrected chi connectivity index (χ4v) is 6.60. The first-order valence-corrected chi connectivity index (χ1v) is 12.4. The molecule has 0 unspecified atom stereocenters. The first-order chi connectivity index (χ1) is 15.0. The van der Waals surface area contributed by atoms with Gasteiger partial charge in [-0.05, 0) is 56.4 Å². The number of nitrogens with one attached hydrogen (secondary N) is 2. The summed E-state index contributed by atoms with van der Waals surface area (Å²) in [6.07, 6.45) is 12.7. The van der Waals surface area contributed by atoms with Gasteiger partial charge in [-0.25, -0.2) is 0 Å². The van der Waals surface area contributed by atoms with E-state index in [0.717, 1.165) is 56.9 Å². The number of hydrogen-bond donors (Lipinski definition) is 3. The average molecular weight is 445 g/mol. The highest BCUT2D eigenvalue weighted by Gasteiger charge is 2.36. The number of carbonyl (C=O) groups excluding carboxylic acids is 2. The van der Waals surface area contributed by atoms with E-state index in [0.29, 0.717) is 29.3 Å². The molecule has 2 amide bonds. The first kappa shape index (κ1) is 22.1. The van der Waals surface area contributed by atoms with Gasteiger partial charge in [0.05, 0.1) is 17.4 Å². The number of carboxylic acids is 1. The van der Waals surface area contributed by atoms with Crippen molar-refractivity contribution in [2.75, 3.05) is 5.32 Å². The predicted molar refractivity (Wildman–Crippen MR) is 121 cm³/mol. The molecule has 168 valence electrons. The summed E-state index contributed by atoms with van der Waals surface area (Å²) in [5.41, 5.74) is 1.70. The molecule has 31 heavy (non-hydrogen) atoms. The van der Waals surface area contributed by atoms with Crippen LogP contribution in [0.1, 0.15) is 79.1 Å². The molecule has 0 spiro atoms. The molecule has 0 bridgehead atoms. The van der Waals surface area contributed by atoms with E-state index in [1.165, 1.54) is 16.2 Å². The summed E-state index contributed by atoms with van der Waals surface area (Å²) in [6, 6.07) is 0.207. The number of amides is 2. The zero-order valence-corrected chi connectivity index (χ0v) is 18.9. The van der Waals surface area contributed by atoms with Crippen LogP contribution in [0, 0.1) is 17.8 Å². The second kappa shape index (κ2) is 9.55. The van der Waals surface area contributed by atoms with Crippen LogP contribution < -0.4 is 10.6 Å². The molecule has 3 aliphatic rings. The number of carbonyl (C=O) groups is 3. The van der Waals surface area contributed by atoms with Gasteiger partial charge in [-0.1, -0.05) is 38.3 Å². The van der Waals surface area contributed by atoms with Crippen LogP contribution in [0.5, 0.6) is 0 Å². The Morgan fingerprint density at radius 1 is 1.10 bits per heavy atom.